The highest BCUT2D eigenvalue weighted by molar-refractivity contribution is 7.85. The molecule has 0 aliphatic heterocycles. The standard InChI is InChI=1S/C29H36ClF3N2O6S/c1-28(2,3)21-10-8-19(9-11-21)23(27(37)35-22-12-13-25(24(30)17-22)41-29(31,32)33)16-18-4-6-20(7-5-18)26(36)34-14-15-42(38,39)40/h4-7,12-13,17,19,21,23H,8-11,14-16H2,1-3H3,(H,34,36)(H,35,37)(H,38,39,40)/t19-,21+,23?. The first-order chi connectivity index (χ1) is 19.4. The van der Waals surface area contributed by atoms with E-state index in [-0.39, 0.29) is 40.1 Å². The van der Waals surface area contributed by atoms with Crippen molar-refractivity contribution < 1.29 is 40.5 Å². The number of alkyl halides is 3. The third-order valence-corrected chi connectivity index (χ3v) is 8.66. The number of nitrogens with one attached hydrogen (secondary N) is 2. The fraction of sp³-hybridized carbons (Fsp3) is 0.517. The van der Waals surface area contributed by atoms with Crippen molar-refractivity contribution in [3.05, 3.63) is 58.6 Å². The van der Waals surface area contributed by atoms with Crippen LogP contribution < -0.4 is 15.4 Å². The highest BCUT2D eigenvalue weighted by Gasteiger charge is 2.36. The van der Waals surface area contributed by atoms with Crippen molar-refractivity contribution in [1.29, 1.82) is 0 Å². The number of ether oxygens (including phenoxy) is 1. The quantitative estimate of drug-likeness (QED) is 0.257. The first-order valence-corrected chi connectivity index (χ1v) is 15.6. The Bertz CT molecular complexity index is 1350. The predicted octanol–water partition coefficient (Wildman–Crippen LogP) is 6.51. The molecule has 0 spiro atoms. The Morgan fingerprint density at radius 2 is 1.67 bits per heavy atom. The molecule has 2 aromatic carbocycles. The van der Waals surface area contributed by atoms with Crippen LogP contribution in [0.3, 0.4) is 0 Å². The molecule has 42 heavy (non-hydrogen) atoms. The molecule has 0 bridgehead atoms. The van der Waals surface area contributed by atoms with E-state index in [1.54, 1.807) is 24.3 Å². The fourth-order valence-electron chi connectivity index (χ4n) is 5.32. The van der Waals surface area contributed by atoms with Gasteiger partial charge in [0.2, 0.25) is 5.91 Å². The van der Waals surface area contributed by atoms with Gasteiger partial charge in [0.25, 0.3) is 16.0 Å². The molecule has 0 heterocycles. The van der Waals surface area contributed by atoms with Gasteiger partial charge in [-0.15, -0.1) is 13.2 Å². The van der Waals surface area contributed by atoms with Crippen molar-refractivity contribution in [2.24, 2.45) is 23.2 Å². The summed E-state index contributed by atoms with van der Waals surface area (Å²) >= 11 is 5.98. The van der Waals surface area contributed by atoms with Crippen LogP contribution in [0.1, 0.15) is 62.4 Å². The molecule has 2 aromatic rings. The normalized spacial score (nSPS) is 18.7. The van der Waals surface area contributed by atoms with E-state index in [1.165, 1.54) is 12.1 Å². The van der Waals surface area contributed by atoms with Crippen LogP contribution in [0.25, 0.3) is 0 Å². The molecular formula is C29H36ClF3N2O6S. The fourth-order valence-corrected chi connectivity index (χ4v) is 5.90. The Morgan fingerprint density at radius 3 is 2.19 bits per heavy atom. The van der Waals surface area contributed by atoms with Crippen molar-refractivity contribution >= 4 is 39.2 Å². The molecule has 0 aromatic heterocycles. The third-order valence-electron chi connectivity index (χ3n) is 7.64. The third kappa shape index (κ3) is 10.5. The molecule has 0 saturated heterocycles. The van der Waals surface area contributed by atoms with Gasteiger partial charge in [-0.1, -0.05) is 44.5 Å². The minimum atomic E-state index is -4.90. The summed E-state index contributed by atoms with van der Waals surface area (Å²) in [7, 11) is -4.20. The highest BCUT2D eigenvalue weighted by Crippen LogP contribution is 2.43. The van der Waals surface area contributed by atoms with Gasteiger partial charge in [0.05, 0.1) is 10.8 Å². The lowest BCUT2D eigenvalue weighted by molar-refractivity contribution is -0.274. The summed E-state index contributed by atoms with van der Waals surface area (Å²) in [6, 6.07) is 10.1. The van der Waals surface area contributed by atoms with E-state index in [2.05, 4.69) is 36.1 Å². The summed E-state index contributed by atoms with van der Waals surface area (Å²) in [5.74, 6) is -1.83. The molecule has 2 amide bonds. The Hall–Kier alpha value is -2.83. The number of anilines is 1. The number of carbonyl (C=O) groups is 2. The van der Waals surface area contributed by atoms with E-state index < -0.39 is 39.8 Å². The maximum atomic E-state index is 13.6. The molecule has 0 radical (unpaired) electrons. The van der Waals surface area contributed by atoms with E-state index >= 15 is 0 Å². The number of rotatable bonds is 10. The minimum absolute atomic E-state index is 0.0651. The molecule has 8 nitrogen and oxygen atoms in total. The maximum absolute atomic E-state index is 13.6. The lowest BCUT2D eigenvalue weighted by atomic mass is 9.66. The molecule has 1 fully saturated rings. The molecule has 1 unspecified atom stereocenters. The number of amides is 2. The van der Waals surface area contributed by atoms with Crippen LogP contribution in [0, 0.1) is 23.2 Å². The largest absolute Gasteiger partial charge is 0.573 e. The molecule has 3 rings (SSSR count). The average molecular weight is 633 g/mol. The molecular weight excluding hydrogens is 597 g/mol. The van der Waals surface area contributed by atoms with Gasteiger partial charge in [0.15, 0.2) is 0 Å². The second kappa shape index (κ2) is 13.6. The van der Waals surface area contributed by atoms with E-state index in [0.717, 1.165) is 37.3 Å². The summed E-state index contributed by atoms with van der Waals surface area (Å²) in [5, 5.41) is 4.94. The lowest BCUT2D eigenvalue weighted by Crippen LogP contribution is -2.35. The van der Waals surface area contributed by atoms with E-state index in [4.69, 9.17) is 16.2 Å². The van der Waals surface area contributed by atoms with Gasteiger partial charge in [-0.3, -0.25) is 14.1 Å². The van der Waals surface area contributed by atoms with Gasteiger partial charge in [0.1, 0.15) is 5.75 Å². The summed E-state index contributed by atoms with van der Waals surface area (Å²) in [6.45, 7) is 6.38. The molecule has 1 aliphatic rings. The van der Waals surface area contributed by atoms with Crippen LogP contribution in [0.5, 0.6) is 5.75 Å². The highest BCUT2D eigenvalue weighted by atomic mass is 35.5. The number of halogens is 4. The Balaban J connectivity index is 1.75. The second-order valence-electron chi connectivity index (χ2n) is 11.7. The Kier molecular flexibility index (Phi) is 10.9. The van der Waals surface area contributed by atoms with Crippen molar-refractivity contribution in [1.82, 2.24) is 5.32 Å². The zero-order valence-corrected chi connectivity index (χ0v) is 25.2. The lowest BCUT2D eigenvalue weighted by Gasteiger charge is -2.39. The minimum Gasteiger partial charge on any atom is -0.404 e. The first-order valence-electron chi connectivity index (χ1n) is 13.6. The van der Waals surface area contributed by atoms with Crippen molar-refractivity contribution in [3.63, 3.8) is 0 Å². The summed E-state index contributed by atoms with van der Waals surface area (Å²) in [5.41, 5.74) is 1.48. The van der Waals surface area contributed by atoms with Gasteiger partial charge in [-0.25, -0.2) is 0 Å². The molecule has 1 aliphatic carbocycles. The Morgan fingerprint density at radius 1 is 1.05 bits per heavy atom. The van der Waals surface area contributed by atoms with Gasteiger partial charge >= 0.3 is 6.36 Å². The average Bonchev–Trinajstić information content (AvgIpc) is 2.87. The maximum Gasteiger partial charge on any atom is 0.573 e. The summed E-state index contributed by atoms with van der Waals surface area (Å²) < 4.78 is 72.3. The smallest absolute Gasteiger partial charge is 0.404 e. The zero-order valence-electron chi connectivity index (χ0n) is 23.6. The number of hydrogen-bond donors (Lipinski definition) is 3. The van der Waals surface area contributed by atoms with Crippen LogP contribution in [0.2, 0.25) is 5.02 Å². The molecule has 3 N–H and O–H groups in total. The van der Waals surface area contributed by atoms with E-state index in [0.29, 0.717) is 12.3 Å². The molecule has 13 heteroatoms. The molecule has 1 atom stereocenters. The van der Waals surface area contributed by atoms with Crippen molar-refractivity contribution in [3.8, 4) is 5.75 Å². The molecule has 1 saturated carbocycles. The monoisotopic (exact) mass is 632 g/mol. The predicted molar refractivity (Wildman–Crippen MR) is 154 cm³/mol. The van der Waals surface area contributed by atoms with E-state index in [9.17, 15) is 31.2 Å². The number of hydrogen-bond acceptors (Lipinski definition) is 5. The van der Waals surface area contributed by atoms with E-state index in [1.807, 2.05) is 0 Å². The van der Waals surface area contributed by atoms with Gasteiger partial charge in [-0.05, 0) is 85.3 Å². The first kappa shape index (κ1) is 33.7. The van der Waals surface area contributed by atoms with Crippen LogP contribution in [-0.4, -0.2) is 43.4 Å². The second-order valence-corrected chi connectivity index (χ2v) is 13.7. The topological polar surface area (TPSA) is 122 Å². The van der Waals surface area contributed by atoms with Crippen molar-refractivity contribution in [2.45, 2.75) is 59.2 Å². The number of benzene rings is 2. The zero-order chi connectivity index (χ0) is 31.3. The summed E-state index contributed by atoms with van der Waals surface area (Å²) in [6.07, 6.45) is -0.918. The van der Waals surface area contributed by atoms with Crippen molar-refractivity contribution in [2.75, 3.05) is 17.6 Å². The van der Waals surface area contributed by atoms with Crippen LogP contribution in [-0.2, 0) is 21.3 Å². The van der Waals surface area contributed by atoms with Gasteiger partial charge < -0.3 is 15.4 Å². The summed E-state index contributed by atoms with van der Waals surface area (Å²) in [4.78, 5) is 25.9. The SMILES string of the molecule is CC(C)(C)[C@H]1CC[C@@H](C(Cc2ccc(C(=O)NCCS(=O)(=O)O)cc2)C(=O)Nc2ccc(OC(F)(F)F)c(Cl)c2)CC1. The Labute approximate surface area is 249 Å². The van der Waals surface area contributed by atoms with Gasteiger partial charge in [-0.2, -0.15) is 8.42 Å². The van der Waals surface area contributed by atoms with Gasteiger partial charge in [0, 0.05) is 23.7 Å². The van der Waals surface area contributed by atoms with Crippen LogP contribution >= 0.6 is 11.6 Å². The van der Waals surface area contributed by atoms with Crippen LogP contribution in [0.4, 0.5) is 18.9 Å². The number of carbonyl (C=O) groups excluding carboxylic acids is 2. The molecule has 232 valence electrons. The van der Waals surface area contributed by atoms with Crippen LogP contribution in [0.15, 0.2) is 42.5 Å².